The Bertz CT molecular complexity index is 1420. The molecule has 1 unspecified atom stereocenters. The monoisotopic (exact) mass is 465 g/mol. The van der Waals surface area contributed by atoms with E-state index >= 15 is 0 Å². The van der Waals surface area contributed by atoms with Gasteiger partial charge >= 0.3 is 0 Å². The van der Waals surface area contributed by atoms with Crippen LogP contribution in [-0.4, -0.2) is 43.1 Å². The summed E-state index contributed by atoms with van der Waals surface area (Å²) in [4.78, 5) is 22.9. The molecule has 0 aliphatic carbocycles. The number of hydrogen-bond donors (Lipinski definition) is 1. The van der Waals surface area contributed by atoms with Gasteiger partial charge in [-0.05, 0) is 49.2 Å². The van der Waals surface area contributed by atoms with E-state index in [-0.39, 0.29) is 11.9 Å². The average molecular weight is 466 g/mol. The Hall–Kier alpha value is -4.71. The van der Waals surface area contributed by atoms with Crippen molar-refractivity contribution in [2.45, 2.75) is 25.4 Å². The molecule has 9 heteroatoms. The van der Waals surface area contributed by atoms with Crippen molar-refractivity contribution in [2.24, 2.45) is 0 Å². The van der Waals surface area contributed by atoms with Gasteiger partial charge < -0.3 is 15.4 Å². The molecule has 0 saturated carbocycles. The lowest BCUT2D eigenvalue weighted by molar-refractivity contribution is -0.127. The Labute approximate surface area is 202 Å². The number of rotatable bonds is 6. The highest BCUT2D eigenvalue weighted by Crippen LogP contribution is 2.32. The lowest BCUT2D eigenvalue weighted by Gasteiger charge is -2.23. The third-order valence-electron chi connectivity index (χ3n) is 6.01. The molecule has 35 heavy (non-hydrogen) atoms. The van der Waals surface area contributed by atoms with Gasteiger partial charge in [0.05, 0.1) is 24.0 Å². The van der Waals surface area contributed by atoms with E-state index in [0.717, 1.165) is 24.2 Å². The van der Waals surface area contributed by atoms with Crippen LogP contribution < -0.4 is 10.5 Å². The number of nitrogens with two attached hydrogens (primary N) is 1. The number of anilines is 1. The lowest BCUT2D eigenvalue weighted by atomic mass is 10.1. The zero-order valence-corrected chi connectivity index (χ0v) is 18.9. The molecule has 0 bridgehead atoms. The highest BCUT2D eigenvalue weighted by molar-refractivity contribution is 5.98. The number of carbonyl (C=O) groups excluding carboxylic acids is 1. The van der Waals surface area contributed by atoms with Gasteiger partial charge in [0, 0.05) is 24.3 Å². The Balaban J connectivity index is 1.45. The van der Waals surface area contributed by atoms with E-state index < -0.39 is 0 Å². The molecule has 2 N–H and O–H groups in total. The molecule has 0 radical (unpaired) electrons. The zero-order valence-electron chi connectivity index (χ0n) is 18.9. The minimum Gasteiger partial charge on any atom is -0.457 e. The minimum atomic E-state index is -0.172. The zero-order chi connectivity index (χ0) is 24.2. The van der Waals surface area contributed by atoms with E-state index in [1.165, 1.54) is 18.5 Å². The van der Waals surface area contributed by atoms with Gasteiger partial charge in [-0.2, -0.15) is 10.4 Å². The number of allylic oxidation sites excluding steroid dienone is 1. The van der Waals surface area contributed by atoms with E-state index in [1.807, 2.05) is 60.7 Å². The molecule has 174 valence electrons. The summed E-state index contributed by atoms with van der Waals surface area (Å²) in [5.41, 5.74) is 8.38. The molecule has 1 amide bonds. The van der Waals surface area contributed by atoms with Crippen LogP contribution in [0, 0.1) is 11.3 Å². The average Bonchev–Trinajstić information content (AvgIpc) is 3.50. The number of nitrogens with zero attached hydrogens (tertiary/aromatic N) is 6. The Morgan fingerprint density at radius 3 is 2.69 bits per heavy atom. The highest BCUT2D eigenvalue weighted by Gasteiger charge is 2.29. The number of nitrogen functional groups attached to an aromatic ring is 1. The third kappa shape index (κ3) is 4.54. The van der Waals surface area contributed by atoms with Crippen LogP contribution in [0.15, 0.2) is 73.1 Å². The topological polar surface area (TPSA) is 123 Å². The first kappa shape index (κ1) is 22.1. The van der Waals surface area contributed by atoms with Crippen molar-refractivity contribution in [3.8, 4) is 28.8 Å². The van der Waals surface area contributed by atoms with E-state index in [2.05, 4.69) is 9.97 Å². The Morgan fingerprint density at radius 1 is 1.14 bits per heavy atom. The van der Waals surface area contributed by atoms with Crippen LogP contribution in [-0.2, 0) is 11.3 Å². The van der Waals surface area contributed by atoms with Gasteiger partial charge in [0.15, 0.2) is 5.65 Å². The second-order valence-corrected chi connectivity index (χ2v) is 8.22. The summed E-state index contributed by atoms with van der Waals surface area (Å²) in [6.07, 6.45) is 5.67. The maximum atomic E-state index is 12.5. The summed E-state index contributed by atoms with van der Waals surface area (Å²) in [7, 11) is 0. The Kier molecular flexibility index (Phi) is 6.09. The van der Waals surface area contributed by atoms with Crippen molar-refractivity contribution in [1.82, 2.24) is 24.6 Å². The van der Waals surface area contributed by atoms with Crippen LogP contribution in [0.3, 0.4) is 0 Å². The second-order valence-electron chi connectivity index (χ2n) is 8.22. The van der Waals surface area contributed by atoms with Crippen LogP contribution in [0.2, 0.25) is 0 Å². The van der Waals surface area contributed by atoms with Gasteiger partial charge in [-0.25, -0.2) is 14.6 Å². The fraction of sp³-hybridized carbons (Fsp3) is 0.192. The van der Waals surface area contributed by atoms with Gasteiger partial charge in [0.25, 0.3) is 0 Å². The molecule has 1 saturated heterocycles. The number of fused-ring (bicyclic) bond motifs is 1. The number of amides is 1. The summed E-state index contributed by atoms with van der Waals surface area (Å²) < 4.78 is 7.69. The number of aromatic nitrogens is 4. The standard InChI is InChI=1S/C26H23N7O2/c27-14-4-9-22(34)32-15-5-6-19(32)16-33-26-23(25(28)29-17-30-26)24(31-33)18-10-12-21(13-11-18)35-20-7-2-1-3-8-20/h1-4,7-13,17,19H,5-6,15-16H2,(H2,28,29,30)/b9-4-. The molecule has 1 aliphatic heterocycles. The van der Waals surface area contributed by atoms with Crippen molar-refractivity contribution < 1.29 is 9.53 Å². The minimum absolute atomic E-state index is 0.0559. The molecule has 9 nitrogen and oxygen atoms in total. The number of para-hydroxylation sites is 1. The number of benzene rings is 2. The van der Waals surface area contributed by atoms with Gasteiger partial charge in [0.1, 0.15) is 29.3 Å². The lowest BCUT2D eigenvalue weighted by Crippen LogP contribution is -2.37. The summed E-state index contributed by atoms with van der Waals surface area (Å²) in [5.74, 6) is 1.64. The number of likely N-dealkylation sites (tertiary alicyclic amines) is 1. The fourth-order valence-corrected chi connectivity index (χ4v) is 4.38. The first-order valence-corrected chi connectivity index (χ1v) is 11.3. The second kappa shape index (κ2) is 9.65. The van der Waals surface area contributed by atoms with E-state index in [4.69, 9.17) is 20.8 Å². The number of carbonyl (C=O) groups is 1. The normalized spacial score (nSPS) is 15.5. The first-order valence-electron chi connectivity index (χ1n) is 11.3. The van der Waals surface area contributed by atoms with Crippen LogP contribution in [0.4, 0.5) is 5.82 Å². The summed E-state index contributed by atoms with van der Waals surface area (Å²) in [6.45, 7) is 1.11. The molecule has 2 aromatic carbocycles. The Morgan fingerprint density at radius 2 is 1.91 bits per heavy atom. The largest absolute Gasteiger partial charge is 0.457 e. The smallest absolute Gasteiger partial charge is 0.247 e. The van der Waals surface area contributed by atoms with Crippen molar-refractivity contribution in [3.05, 3.63) is 73.1 Å². The highest BCUT2D eigenvalue weighted by atomic mass is 16.5. The molecule has 0 spiro atoms. The number of ether oxygens (including phenoxy) is 1. The summed E-state index contributed by atoms with van der Waals surface area (Å²) >= 11 is 0. The van der Waals surface area contributed by atoms with Crippen molar-refractivity contribution >= 4 is 22.8 Å². The molecule has 2 aromatic heterocycles. The van der Waals surface area contributed by atoms with Crippen molar-refractivity contribution in [3.63, 3.8) is 0 Å². The molecular formula is C26H23N7O2. The van der Waals surface area contributed by atoms with Gasteiger partial charge in [-0.1, -0.05) is 18.2 Å². The summed E-state index contributed by atoms with van der Waals surface area (Å²) in [6, 6.07) is 19.0. The number of nitriles is 1. The van der Waals surface area contributed by atoms with Gasteiger partial charge in [0.2, 0.25) is 5.91 Å². The van der Waals surface area contributed by atoms with Gasteiger partial charge in [-0.3, -0.25) is 4.79 Å². The SMILES string of the molecule is N#C/C=C\C(=O)N1CCCC1Cn1nc(-c2ccc(Oc3ccccc3)cc2)c2c(N)ncnc21. The van der Waals surface area contributed by atoms with E-state index in [1.54, 1.807) is 9.58 Å². The van der Waals surface area contributed by atoms with Crippen LogP contribution in [0.25, 0.3) is 22.3 Å². The molecule has 3 heterocycles. The first-order chi connectivity index (χ1) is 17.1. The van der Waals surface area contributed by atoms with E-state index in [0.29, 0.717) is 41.4 Å². The molecule has 4 aromatic rings. The maximum Gasteiger partial charge on any atom is 0.247 e. The molecule has 1 aliphatic rings. The van der Waals surface area contributed by atoms with Crippen molar-refractivity contribution in [1.29, 1.82) is 5.26 Å². The molecule has 1 fully saturated rings. The quantitative estimate of drug-likeness (QED) is 0.338. The van der Waals surface area contributed by atoms with Crippen molar-refractivity contribution in [2.75, 3.05) is 12.3 Å². The van der Waals surface area contributed by atoms with E-state index in [9.17, 15) is 4.79 Å². The molecular weight excluding hydrogens is 442 g/mol. The molecule has 5 rings (SSSR count). The fourth-order valence-electron chi connectivity index (χ4n) is 4.38. The summed E-state index contributed by atoms with van der Waals surface area (Å²) in [5, 5.41) is 14.3. The van der Waals surface area contributed by atoms with Crippen LogP contribution in [0.1, 0.15) is 12.8 Å². The third-order valence-corrected chi connectivity index (χ3v) is 6.01. The van der Waals surface area contributed by atoms with Gasteiger partial charge in [-0.15, -0.1) is 0 Å². The maximum absolute atomic E-state index is 12.5. The number of hydrogen-bond acceptors (Lipinski definition) is 7. The van der Waals surface area contributed by atoms with Crippen LogP contribution >= 0.6 is 0 Å². The predicted molar refractivity (Wildman–Crippen MR) is 131 cm³/mol. The van der Waals surface area contributed by atoms with Crippen LogP contribution in [0.5, 0.6) is 11.5 Å². The molecule has 1 atom stereocenters. The predicted octanol–water partition coefficient (Wildman–Crippen LogP) is 3.94.